The average Bonchev–Trinajstić information content (AvgIpc) is 2.80. The minimum absolute atomic E-state index is 0.489. The minimum atomic E-state index is 0.489. The molecule has 6 nitrogen and oxygen atoms in total. The molecule has 102 valence electrons. The maximum atomic E-state index is 5.51. The number of hydrogen-bond acceptors (Lipinski definition) is 5. The van der Waals surface area contributed by atoms with E-state index in [2.05, 4.69) is 27.2 Å². The fourth-order valence-electron chi connectivity index (χ4n) is 2.77. The second-order valence-electron chi connectivity index (χ2n) is 5.14. The Balaban J connectivity index is 2.08. The van der Waals surface area contributed by atoms with Gasteiger partial charge in [0.2, 0.25) is 0 Å². The Kier molecular flexibility index (Phi) is 3.25. The van der Waals surface area contributed by atoms with Crippen molar-refractivity contribution in [3.8, 4) is 0 Å². The van der Waals surface area contributed by atoms with E-state index in [1.807, 2.05) is 16.8 Å². The van der Waals surface area contributed by atoms with Crippen molar-refractivity contribution in [2.75, 3.05) is 16.9 Å². The Hall–Kier alpha value is -1.82. The molecular formula is C13H20N6. The zero-order valence-corrected chi connectivity index (χ0v) is 11.2. The Bertz CT molecular complexity index is 563. The SMILES string of the molecule is CC1CCCCCN1c1nc(NN)cn2ccnc12. The number of rotatable bonds is 2. The number of nitrogens with two attached hydrogens (primary N) is 1. The zero-order chi connectivity index (χ0) is 13.2. The van der Waals surface area contributed by atoms with Crippen molar-refractivity contribution in [3.63, 3.8) is 0 Å². The lowest BCUT2D eigenvalue weighted by atomic mass is 10.1. The van der Waals surface area contributed by atoms with Gasteiger partial charge in [-0.25, -0.2) is 15.8 Å². The Morgan fingerprint density at radius 2 is 2.26 bits per heavy atom. The number of hydrogen-bond donors (Lipinski definition) is 2. The van der Waals surface area contributed by atoms with Crippen LogP contribution in [0.4, 0.5) is 11.6 Å². The molecule has 2 aromatic heterocycles. The van der Waals surface area contributed by atoms with Crippen molar-refractivity contribution in [1.82, 2.24) is 14.4 Å². The predicted octanol–water partition coefficient (Wildman–Crippen LogP) is 1.78. The van der Waals surface area contributed by atoms with Gasteiger partial charge in [-0.1, -0.05) is 12.8 Å². The van der Waals surface area contributed by atoms with Crippen LogP contribution in [0.5, 0.6) is 0 Å². The van der Waals surface area contributed by atoms with Crippen LogP contribution in [0.2, 0.25) is 0 Å². The van der Waals surface area contributed by atoms with Crippen molar-refractivity contribution >= 4 is 17.3 Å². The molecule has 19 heavy (non-hydrogen) atoms. The third-order valence-corrected chi connectivity index (χ3v) is 3.83. The zero-order valence-electron chi connectivity index (χ0n) is 11.2. The van der Waals surface area contributed by atoms with Crippen LogP contribution in [0.3, 0.4) is 0 Å². The Labute approximate surface area is 112 Å². The summed E-state index contributed by atoms with van der Waals surface area (Å²) >= 11 is 0. The van der Waals surface area contributed by atoms with Crippen LogP contribution in [-0.4, -0.2) is 27.0 Å². The van der Waals surface area contributed by atoms with Crippen molar-refractivity contribution in [2.24, 2.45) is 5.84 Å². The molecule has 0 saturated carbocycles. The fraction of sp³-hybridized carbons (Fsp3) is 0.538. The molecule has 3 rings (SSSR count). The summed E-state index contributed by atoms with van der Waals surface area (Å²) in [5.74, 6) is 7.10. The number of nitrogens with zero attached hydrogens (tertiary/aromatic N) is 4. The first-order valence-electron chi connectivity index (χ1n) is 6.86. The van der Waals surface area contributed by atoms with E-state index in [0.717, 1.165) is 18.0 Å². The second kappa shape index (κ2) is 5.05. The van der Waals surface area contributed by atoms with E-state index in [0.29, 0.717) is 11.9 Å². The van der Waals surface area contributed by atoms with E-state index in [4.69, 9.17) is 5.84 Å². The molecule has 1 saturated heterocycles. The monoisotopic (exact) mass is 260 g/mol. The molecule has 0 spiro atoms. The first-order chi connectivity index (χ1) is 9.29. The van der Waals surface area contributed by atoms with Crippen LogP contribution >= 0.6 is 0 Å². The summed E-state index contributed by atoms with van der Waals surface area (Å²) in [5.41, 5.74) is 3.53. The van der Waals surface area contributed by atoms with Crippen LogP contribution < -0.4 is 16.2 Å². The molecular weight excluding hydrogens is 240 g/mol. The minimum Gasteiger partial charge on any atom is -0.351 e. The normalized spacial score (nSPS) is 20.5. The number of aromatic nitrogens is 3. The van der Waals surface area contributed by atoms with Crippen LogP contribution in [0.15, 0.2) is 18.6 Å². The molecule has 0 bridgehead atoms. The summed E-state index contributed by atoms with van der Waals surface area (Å²) in [7, 11) is 0. The highest BCUT2D eigenvalue weighted by atomic mass is 15.3. The third kappa shape index (κ3) is 2.23. The molecule has 6 heteroatoms. The van der Waals surface area contributed by atoms with Crippen LogP contribution in [-0.2, 0) is 0 Å². The number of nitrogen functional groups attached to an aromatic ring is 1. The summed E-state index contributed by atoms with van der Waals surface area (Å²) in [5, 5.41) is 0. The molecule has 0 aromatic carbocycles. The number of nitrogens with one attached hydrogen (secondary N) is 1. The Morgan fingerprint density at radius 1 is 1.37 bits per heavy atom. The summed E-state index contributed by atoms with van der Waals surface area (Å²) < 4.78 is 1.97. The van der Waals surface area contributed by atoms with E-state index >= 15 is 0 Å². The predicted molar refractivity (Wildman–Crippen MR) is 76.1 cm³/mol. The fourth-order valence-corrected chi connectivity index (χ4v) is 2.77. The van der Waals surface area contributed by atoms with Gasteiger partial charge in [0.15, 0.2) is 17.3 Å². The molecule has 1 aliphatic rings. The molecule has 1 aliphatic heterocycles. The Morgan fingerprint density at radius 3 is 3.11 bits per heavy atom. The second-order valence-corrected chi connectivity index (χ2v) is 5.14. The lowest BCUT2D eigenvalue weighted by molar-refractivity contribution is 0.611. The molecule has 1 fully saturated rings. The summed E-state index contributed by atoms with van der Waals surface area (Å²) in [4.78, 5) is 11.4. The van der Waals surface area contributed by atoms with Crippen LogP contribution in [0, 0.1) is 0 Å². The number of anilines is 2. The van der Waals surface area contributed by atoms with Gasteiger partial charge in [-0.2, -0.15) is 0 Å². The average molecular weight is 260 g/mol. The lowest BCUT2D eigenvalue weighted by Crippen LogP contribution is -2.34. The molecule has 1 atom stereocenters. The summed E-state index contributed by atoms with van der Waals surface area (Å²) in [6.07, 6.45) is 10.6. The largest absolute Gasteiger partial charge is 0.351 e. The van der Waals surface area contributed by atoms with Crippen molar-refractivity contribution in [1.29, 1.82) is 0 Å². The van der Waals surface area contributed by atoms with Crippen molar-refractivity contribution < 1.29 is 0 Å². The van der Waals surface area contributed by atoms with Gasteiger partial charge >= 0.3 is 0 Å². The highest BCUT2D eigenvalue weighted by Gasteiger charge is 2.21. The topological polar surface area (TPSA) is 71.5 Å². The van der Waals surface area contributed by atoms with Gasteiger partial charge < -0.3 is 14.7 Å². The number of hydrazine groups is 1. The van der Waals surface area contributed by atoms with Crippen molar-refractivity contribution in [2.45, 2.75) is 38.6 Å². The maximum absolute atomic E-state index is 5.51. The van der Waals surface area contributed by atoms with Gasteiger partial charge in [-0.15, -0.1) is 0 Å². The molecule has 0 aliphatic carbocycles. The van der Waals surface area contributed by atoms with E-state index in [-0.39, 0.29) is 0 Å². The molecule has 3 heterocycles. The first-order valence-corrected chi connectivity index (χ1v) is 6.86. The van der Waals surface area contributed by atoms with Gasteiger partial charge in [-0.3, -0.25) is 0 Å². The maximum Gasteiger partial charge on any atom is 0.180 e. The van der Waals surface area contributed by atoms with Gasteiger partial charge in [-0.05, 0) is 19.8 Å². The van der Waals surface area contributed by atoms with Gasteiger partial charge in [0.05, 0.1) is 6.20 Å². The number of fused-ring (bicyclic) bond motifs is 1. The van der Waals surface area contributed by atoms with E-state index in [1.165, 1.54) is 25.7 Å². The first kappa shape index (κ1) is 12.2. The third-order valence-electron chi connectivity index (χ3n) is 3.83. The highest BCUT2D eigenvalue weighted by molar-refractivity contribution is 5.67. The summed E-state index contributed by atoms with van der Waals surface area (Å²) in [6, 6.07) is 0.489. The molecule has 0 amide bonds. The molecule has 2 aromatic rings. The van der Waals surface area contributed by atoms with Crippen LogP contribution in [0.25, 0.3) is 5.65 Å². The van der Waals surface area contributed by atoms with Gasteiger partial charge in [0, 0.05) is 25.0 Å². The molecule has 0 radical (unpaired) electrons. The van der Waals surface area contributed by atoms with Gasteiger partial charge in [0.25, 0.3) is 0 Å². The van der Waals surface area contributed by atoms with Gasteiger partial charge in [0.1, 0.15) is 0 Å². The van der Waals surface area contributed by atoms with E-state index in [9.17, 15) is 0 Å². The smallest absolute Gasteiger partial charge is 0.180 e. The molecule has 3 N–H and O–H groups in total. The van der Waals surface area contributed by atoms with Crippen LogP contribution in [0.1, 0.15) is 32.6 Å². The van der Waals surface area contributed by atoms with E-state index < -0.39 is 0 Å². The standard InChI is InChI=1S/C13H20N6/c1-10-5-3-2-4-7-19(10)13-12-15-6-8-18(12)9-11(16-13)17-14/h6,8-10,17H,2-5,7,14H2,1H3. The quantitative estimate of drug-likeness (QED) is 0.636. The summed E-state index contributed by atoms with van der Waals surface area (Å²) in [6.45, 7) is 3.29. The van der Waals surface area contributed by atoms with E-state index in [1.54, 1.807) is 6.20 Å². The molecule has 1 unspecified atom stereocenters. The van der Waals surface area contributed by atoms with Crippen molar-refractivity contribution in [3.05, 3.63) is 18.6 Å². The highest BCUT2D eigenvalue weighted by Crippen LogP contribution is 2.26. The number of imidazole rings is 1. The lowest BCUT2D eigenvalue weighted by Gasteiger charge is -2.28.